The molecule has 0 saturated carbocycles. The van der Waals surface area contributed by atoms with Gasteiger partial charge in [0.2, 0.25) is 5.91 Å². The predicted octanol–water partition coefficient (Wildman–Crippen LogP) is 5.59. The van der Waals surface area contributed by atoms with Gasteiger partial charge in [-0.1, -0.05) is 58.0 Å². The van der Waals surface area contributed by atoms with Crippen molar-refractivity contribution in [3.05, 3.63) is 63.6 Å². The van der Waals surface area contributed by atoms with Gasteiger partial charge in [0.1, 0.15) is 11.8 Å². The molecular formula is C26H35BrN2O3. The second kappa shape index (κ2) is 12.6. The van der Waals surface area contributed by atoms with Crippen molar-refractivity contribution in [2.24, 2.45) is 0 Å². The molecule has 0 spiro atoms. The number of nitrogens with zero attached hydrogens (tertiary/aromatic N) is 1. The van der Waals surface area contributed by atoms with E-state index in [9.17, 15) is 9.59 Å². The first-order valence-corrected chi connectivity index (χ1v) is 12.1. The van der Waals surface area contributed by atoms with Crippen LogP contribution in [0, 0.1) is 6.92 Å². The average Bonchev–Trinajstić information content (AvgIpc) is 2.77. The fourth-order valence-electron chi connectivity index (χ4n) is 3.47. The number of carbonyl (C=O) groups is 2. The maximum atomic E-state index is 13.3. The van der Waals surface area contributed by atoms with Crippen LogP contribution in [0.2, 0.25) is 0 Å². The minimum Gasteiger partial charge on any atom is -0.483 e. The predicted molar refractivity (Wildman–Crippen MR) is 133 cm³/mol. The Morgan fingerprint density at radius 2 is 1.84 bits per heavy atom. The summed E-state index contributed by atoms with van der Waals surface area (Å²) >= 11 is 3.55. The van der Waals surface area contributed by atoms with Gasteiger partial charge in [0, 0.05) is 13.1 Å². The monoisotopic (exact) mass is 502 g/mol. The molecule has 0 radical (unpaired) electrons. The zero-order valence-corrected chi connectivity index (χ0v) is 21.4. The van der Waals surface area contributed by atoms with Gasteiger partial charge in [-0.05, 0) is 70.4 Å². The molecule has 0 heterocycles. The highest BCUT2D eigenvalue weighted by molar-refractivity contribution is 9.10. The van der Waals surface area contributed by atoms with E-state index in [1.165, 1.54) is 5.56 Å². The third-order valence-corrected chi connectivity index (χ3v) is 6.13. The van der Waals surface area contributed by atoms with Crippen molar-refractivity contribution in [3.8, 4) is 5.75 Å². The molecule has 174 valence electrons. The molecule has 0 aliphatic heterocycles. The van der Waals surface area contributed by atoms with Crippen LogP contribution in [0.25, 0.3) is 0 Å². The van der Waals surface area contributed by atoms with Crippen LogP contribution >= 0.6 is 15.9 Å². The van der Waals surface area contributed by atoms with E-state index in [1.807, 2.05) is 63.2 Å². The Labute approximate surface area is 200 Å². The number of hydrogen-bond acceptors (Lipinski definition) is 3. The minimum absolute atomic E-state index is 0.126. The summed E-state index contributed by atoms with van der Waals surface area (Å²) in [6, 6.07) is 13.3. The molecule has 0 aliphatic rings. The van der Waals surface area contributed by atoms with E-state index in [-0.39, 0.29) is 18.4 Å². The summed E-state index contributed by atoms with van der Waals surface area (Å²) in [5, 5.41) is 2.94. The highest BCUT2D eigenvalue weighted by Crippen LogP contribution is 2.29. The van der Waals surface area contributed by atoms with Crippen LogP contribution in [0.3, 0.4) is 0 Å². The minimum atomic E-state index is -0.552. The lowest BCUT2D eigenvalue weighted by Gasteiger charge is -2.31. The lowest BCUT2D eigenvalue weighted by atomic mass is 10.0. The van der Waals surface area contributed by atoms with E-state index in [2.05, 4.69) is 35.1 Å². The smallest absolute Gasteiger partial charge is 0.261 e. The van der Waals surface area contributed by atoms with Crippen molar-refractivity contribution in [2.45, 2.75) is 66.0 Å². The molecule has 0 bridgehead atoms. The summed E-state index contributed by atoms with van der Waals surface area (Å²) < 4.78 is 6.68. The van der Waals surface area contributed by atoms with E-state index in [4.69, 9.17) is 4.74 Å². The highest BCUT2D eigenvalue weighted by atomic mass is 79.9. The summed E-state index contributed by atoms with van der Waals surface area (Å²) in [5.74, 6) is 0.672. The maximum absolute atomic E-state index is 13.3. The lowest BCUT2D eigenvalue weighted by Crippen LogP contribution is -2.50. The van der Waals surface area contributed by atoms with Crippen molar-refractivity contribution in [2.75, 3.05) is 13.2 Å². The number of nitrogens with one attached hydrogen (secondary N) is 1. The SMILES string of the molecule is CCCNC(=O)C(CC)N(Cc1ccccc1C)C(=O)COc1ccc(C(C)C)cc1Br. The van der Waals surface area contributed by atoms with Gasteiger partial charge in [-0.25, -0.2) is 0 Å². The van der Waals surface area contributed by atoms with Crippen LogP contribution in [0.5, 0.6) is 5.75 Å². The average molecular weight is 503 g/mol. The van der Waals surface area contributed by atoms with Crippen molar-refractivity contribution in [3.63, 3.8) is 0 Å². The molecule has 0 aliphatic carbocycles. The number of benzene rings is 2. The van der Waals surface area contributed by atoms with Crippen molar-refractivity contribution in [1.29, 1.82) is 0 Å². The Kier molecular flexibility index (Phi) is 10.2. The number of hydrogen-bond donors (Lipinski definition) is 1. The number of amides is 2. The van der Waals surface area contributed by atoms with Crippen molar-refractivity contribution < 1.29 is 14.3 Å². The second-order valence-corrected chi connectivity index (χ2v) is 9.15. The lowest BCUT2D eigenvalue weighted by molar-refractivity contribution is -0.143. The molecule has 1 unspecified atom stereocenters. The van der Waals surface area contributed by atoms with E-state index in [0.717, 1.165) is 22.0 Å². The van der Waals surface area contributed by atoms with E-state index in [1.54, 1.807) is 4.90 Å². The molecule has 2 aromatic rings. The maximum Gasteiger partial charge on any atom is 0.261 e. The molecule has 1 atom stereocenters. The number of rotatable bonds is 11. The Balaban J connectivity index is 2.22. The second-order valence-electron chi connectivity index (χ2n) is 8.30. The molecule has 32 heavy (non-hydrogen) atoms. The molecule has 6 heteroatoms. The number of halogens is 1. The zero-order valence-electron chi connectivity index (χ0n) is 19.8. The summed E-state index contributed by atoms with van der Waals surface area (Å²) in [6.45, 7) is 11.0. The third kappa shape index (κ3) is 7.09. The summed E-state index contributed by atoms with van der Waals surface area (Å²) in [7, 11) is 0. The Morgan fingerprint density at radius 1 is 1.12 bits per heavy atom. The van der Waals surface area contributed by atoms with Crippen LogP contribution in [-0.2, 0) is 16.1 Å². The Bertz CT molecular complexity index is 914. The third-order valence-electron chi connectivity index (χ3n) is 5.51. The fraction of sp³-hybridized carbons (Fsp3) is 0.462. The molecule has 0 aromatic heterocycles. The Morgan fingerprint density at radius 3 is 2.44 bits per heavy atom. The fourth-order valence-corrected chi connectivity index (χ4v) is 3.98. The zero-order chi connectivity index (χ0) is 23.7. The van der Waals surface area contributed by atoms with E-state index >= 15 is 0 Å². The molecule has 1 N–H and O–H groups in total. The van der Waals surface area contributed by atoms with Gasteiger partial charge >= 0.3 is 0 Å². The number of aryl methyl sites for hydroxylation is 1. The van der Waals surface area contributed by atoms with E-state index in [0.29, 0.717) is 31.2 Å². The largest absolute Gasteiger partial charge is 0.483 e. The molecule has 0 saturated heterocycles. The quantitative estimate of drug-likeness (QED) is 0.435. The Hall–Kier alpha value is -2.34. The number of ether oxygens (including phenoxy) is 1. The van der Waals surface area contributed by atoms with Crippen LogP contribution in [0.15, 0.2) is 46.9 Å². The van der Waals surface area contributed by atoms with Crippen molar-refractivity contribution in [1.82, 2.24) is 10.2 Å². The first-order chi connectivity index (χ1) is 15.3. The van der Waals surface area contributed by atoms with Gasteiger partial charge in [0.15, 0.2) is 6.61 Å². The summed E-state index contributed by atoms with van der Waals surface area (Å²) in [4.78, 5) is 27.8. The standard InChI is InChI=1S/C26H35BrN2O3/c1-6-14-28-26(31)23(7-2)29(16-21-11-9-8-10-19(21)5)25(30)17-32-24-13-12-20(18(3)4)15-22(24)27/h8-13,15,18,23H,6-7,14,16-17H2,1-5H3,(H,28,31). The topological polar surface area (TPSA) is 58.6 Å². The van der Waals surface area contributed by atoms with Crippen LogP contribution in [0.4, 0.5) is 0 Å². The van der Waals surface area contributed by atoms with Crippen LogP contribution in [-0.4, -0.2) is 35.9 Å². The van der Waals surface area contributed by atoms with Gasteiger partial charge in [-0.15, -0.1) is 0 Å². The van der Waals surface area contributed by atoms with Gasteiger partial charge in [-0.3, -0.25) is 9.59 Å². The normalized spacial score (nSPS) is 11.8. The first kappa shape index (κ1) is 25.9. The highest BCUT2D eigenvalue weighted by Gasteiger charge is 2.29. The summed E-state index contributed by atoms with van der Waals surface area (Å²) in [5.41, 5.74) is 3.29. The number of carbonyl (C=O) groups excluding carboxylic acids is 2. The van der Waals surface area contributed by atoms with Gasteiger partial charge in [0.25, 0.3) is 5.91 Å². The first-order valence-electron chi connectivity index (χ1n) is 11.3. The summed E-state index contributed by atoms with van der Waals surface area (Å²) in [6.07, 6.45) is 1.37. The van der Waals surface area contributed by atoms with E-state index < -0.39 is 6.04 Å². The molecule has 0 fully saturated rings. The van der Waals surface area contributed by atoms with Crippen LogP contribution < -0.4 is 10.1 Å². The molecule has 5 nitrogen and oxygen atoms in total. The van der Waals surface area contributed by atoms with Crippen LogP contribution in [0.1, 0.15) is 63.1 Å². The van der Waals surface area contributed by atoms with Gasteiger partial charge in [-0.2, -0.15) is 0 Å². The molecular weight excluding hydrogens is 468 g/mol. The molecule has 2 aromatic carbocycles. The van der Waals surface area contributed by atoms with Crippen molar-refractivity contribution >= 4 is 27.7 Å². The van der Waals surface area contributed by atoms with Gasteiger partial charge < -0.3 is 15.0 Å². The van der Waals surface area contributed by atoms with Gasteiger partial charge in [0.05, 0.1) is 4.47 Å². The molecule has 2 rings (SSSR count). The molecule has 2 amide bonds.